The summed E-state index contributed by atoms with van der Waals surface area (Å²) in [4.78, 5) is 13.3. The van der Waals surface area contributed by atoms with Gasteiger partial charge in [0.15, 0.2) is 9.84 Å². The average Bonchev–Trinajstić information content (AvgIpc) is 2.38. The molecule has 0 saturated carbocycles. The minimum absolute atomic E-state index is 0.0847. The number of rotatable bonds is 6. The van der Waals surface area contributed by atoms with E-state index in [4.69, 9.17) is 11.6 Å². The first kappa shape index (κ1) is 15.7. The van der Waals surface area contributed by atoms with E-state index in [1.807, 2.05) is 0 Å². The van der Waals surface area contributed by atoms with E-state index in [0.717, 1.165) is 5.41 Å². The molecule has 0 aliphatic rings. The van der Waals surface area contributed by atoms with E-state index in [1.165, 1.54) is 4.90 Å². The average molecular weight is 302 g/mol. The number of sulfone groups is 1. The number of benzene rings is 1. The molecule has 6 heteroatoms. The lowest BCUT2D eigenvalue weighted by Crippen LogP contribution is -2.34. The topological polar surface area (TPSA) is 54.5 Å². The van der Waals surface area contributed by atoms with Gasteiger partial charge >= 0.3 is 0 Å². The molecule has 0 aliphatic heterocycles. The number of amides is 1. The monoisotopic (exact) mass is 301 g/mol. The largest absolute Gasteiger partial charge is 0.311 e. The molecule has 1 rings (SSSR count). The Morgan fingerprint density at radius 1 is 1.47 bits per heavy atom. The molecule has 0 fully saturated rings. The molecule has 0 bridgehead atoms. The SMILES string of the molecule is C=CS(=O)(=O)CCN(C(=O)CC)c1cccc(Cl)c1. The van der Waals surface area contributed by atoms with E-state index in [9.17, 15) is 13.2 Å². The summed E-state index contributed by atoms with van der Waals surface area (Å²) >= 11 is 5.88. The highest BCUT2D eigenvalue weighted by atomic mass is 35.5. The zero-order valence-corrected chi connectivity index (χ0v) is 12.2. The second-order valence-electron chi connectivity index (χ2n) is 3.91. The number of halogens is 1. The number of nitrogens with zero attached hydrogens (tertiary/aromatic N) is 1. The van der Waals surface area contributed by atoms with E-state index >= 15 is 0 Å². The molecule has 0 heterocycles. The predicted molar refractivity (Wildman–Crippen MR) is 78.1 cm³/mol. The zero-order valence-electron chi connectivity index (χ0n) is 10.7. The summed E-state index contributed by atoms with van der Waals surface area (Å²) in [6.45, 7) is 5.06. The van der Waals surface area contributed by atoms with Gasteiger partial charge in [0.1, 0.15) is 0 Å². The molecule has 104 valence electrons. The van der Waals surface area contributed by atoms with Crippen molar-refractivity contribution >= 4 is 33.0 Å². The fraction of sp³-hybridized carbons (Fsp3) is 0.308. The molecule has 0 aliphatic carbocycles. The minimum Gasteiger partial charge on any atom is -0.311 e. The van der Waals surface area contributed by atoms with Crippen LogP contribution in [0.1, 0.15) is 13.3 Å². The van der Waals surface area contributed by atoms with Crippen LogP contribution >= 0.6 is 11.6 Å². The van der Waals surface area contributed by atoms with Crippen LogP contribution in [0.15, 0.2) is 36.3 Å². The highest BCUT2D eigenvalue weighted by Crippen LogP contribution is 2.20. The highest BCUT2D eigenvalue weighted by molar-refractivity contribution is 7.94. The standard InChI is InChI=1S/C13H16ClNO3S/c1-3-13(16)15(8-9-19(17,18)4-2)12-7-5-6-11(14)10-12/h4-7,10H,2-3,8-9H2,1H3. The van der Waals surface area contributed by atoms with Crippen LogP contribution in [0.5, 0.6) is 0 Å². The Balaban J connectivity index is 2.96. The van der Waals surface area contributed by atoms with Crippen LogP contribution in [0.2, 0.25) is 5.02 Å². The van der Waals surface area contributed by atoms with Crippen LogP contribution in [-0.4, -0.2) is 26.6 Å². The van der Waals surface area contributed by atoms with Gasteiger partial charge in [0.25, 0.3) is 0 Å². The van der Waals surface area contributed by atoms with Gasteiger partial charge < -0.3 is 4.90 Å². The molecule has 1 aromatic carbocycles. The third kappa shape index (κ3) is 4.69. The van der Waals surface area contributed by atoms with Crippen LogP contribution in [0.25, 0.3) is 0 Å². The molecule has 0 aromatic heterocycles. The van der Waals surface area contributed by atoms with E-state index < -0.39 is 9.84 Å². The normalized spacial score (nSPS) is 11.1. The minimum atomic E-state index is -3.34. The molecule has 0 atom stereocenters. The highest BCUT2D eigenvalue weighted by Gasteiger charge is 2.17. The van der Waals surface area contributed by atoms with Gasteiger partial charge in [-0.2, -0.15) is 0 Å². The summed E-state index contributed by atoms with van der Waals surface area (Å²) < 4.78 is 22.9. The van der Waals surface area contributed by atoms with Crippen LogP contribution in [-0.2, 0) is 14.6 Å². The maximum absolute atomic E-state index is 11.9. The van der Waals surface area contributed by atoms with Crippen molar-refractivity contribution in [2.75, 3.05) is 17.2 Å². The summed E-state index contributed by atoms with van der Waals surface area (Å²) in [5.74, 6) is -0.309. The van der Waals surface area contributed by atoms with Crippen LogP contribution in [0, 0.1) is 0 Å². The van der Waals surface area contributed by atoms with Crippen LogP contribution < -0.4 is 4.90 Å². The fourth-order valence-corrected chi connectivity index (χ4v) is 2.32. The molecule has 0 spiro atoms. The summed E-state index contributed by atoms with van der Waals surface area (Å²) in [5.41, 5.74) is 0.596. The quantitative estimate of drug-likeness (QED) is 0.811. The number of hydrogen-bond acceptors (Lipinski definition) is 3. The van der Waals surface area contributed by atoms with Gasteiger partial charge in [-0.15, -0.1) is 0 Å². The van der Waals surface area contributed by atoms with Crippen molar-refractivity contribution in [3.05, 3.63) is 41.3 Å². The lowest BCUT2D eigenvalue weighted by molar-refractivity contribution is -0.118. The van der Waals surface area contributed by atoms with E-state index in [0.29, 0.717) is 17.1 Å². The second-order valence-corrected chi connectivity index (χ2v) is 6.42. The first-order valence-corrected chi connectivity index (χ1v) is 7.90. The molecule has 4 nitrogen and oxygen atoms in total. The van der Waals surface area contributed by atoms with Crippen molar-refractivity contribution in [2.24, 2.45) is 0 Å². The van der Waals surface area contributed by atoms with Crippen molar-refractivity contribution in [3.63, 3.8) is 0 Å². The van der Waals surface area contributed by atoms with Gasteiger partial charge in [-0.1, -0.05) is 31.2 Å². The van der Waals surface area contributed by atoms with Gasteiger partial charge in [0.2, 0.25) is 5.91 Å². The number of anilines is 1. The van der Waals surface area contributed by atoms with E-state index in [2.05, 4.69) is 6.58 Å². The van der Waals surface area contributed by atoms with Crippen molar-refractivity contribution in [1.82, 2.24) is 0 Å². The Hall–Kier alpha value is -1.33. The van der Waals surface area contributed by atoms with Gasteiger partial charge in [-0.05, 0) is 18.2 Å². The van der Waals surface area contributed by atoms with E-state index in [1.54, 1.807) is 31.2 Å². The van der Waals surface area contributed by atoms with Gasteiger partial charge in [-0.3, -0.25) is 4.79 Å². The third-order valence-electron chi connectivity index (χ3n) is 2.58. The second kappa shape index (κ2) is 6.73. The van der Waals surface area contributed by atoms with Crippen LogP contribution in [0.4, 0.5) is 5.69 Å². The Kier molecular flexibility index (Phi) is 5.57. The lowest BCUT2D eigenvalue weighted by atomic mass is 10.2. The summed E-state index contributed by atoms with van der Waals surface area (Å²) in [6.07, 6.45) is 0.292. The summed E-state index contributed by atoms with van der Waals surface area (Å²) in [6, 6.07) is 6.77. The molecule has 1 amide bonds. The van der Waals surface area contributed by atoms with Crippen molar-refractivity contribution in [1.29, 1.82) is 0 Å². The molecule has 0 radical (unpaired) electrons. The van der Waals surface area contributed by atoms with Gasteiger partial charge in [-0.25, -0.2) is 8.42 Å². The van der Waals surface area contributed by atoms with E-state index in [-0.39, 0.29) is 18.2 Å². The molecule has 0 saturated heterocycles. The summed E-state index contributed by atoms with van der Waals surface area (Å²) in [7, 11) is -3.34. The third-order valence-corrected chi connectivity index (χ3v) is 4.07. The molecule has 0 N–H and O–H groups in total. The maximum Gasteiger partial charge on any atom is 0.226 e. The lowest BCUT2D eigenvalue weighted by Gasteiger charge is -2.22. The zero-order chi connectivity index (χ0) is 14.5. The Bertz CT molecular complexity index is 569. The molecular weight excluding hydrogens is 286 g/mol. The Morgan fingerprint density at radius 2 is 2.16 bits per heavy atom. The summed E-state index contributed by atoms with van der Waals surface area (Å²) in [5, 5.41) is 1.40. The van der Waals surface area contributed by atoms with Gasteiger partial charge in [0, 0.05) is 29.1 Å². The Morgan fingerprint density at radius 3 is 2.68 bits per heavy atom. The predicted octanol–water partition coefficient (Wildman–Crippen LogP) is 2.64. The van der Waals surface area contributed by atoms with Crippen LogP contribution in [0.3, 0.4) is 0 Å². The van der Waals surface area contributed by atoms with Crippen molar-refractivity contribution in [2.45, 2.75) is 13.3 Å². The molecule has 0 unspecified atom stereocenters. The Labute approximate surface area is 118 Å². The number of carbonyl (C=O) groups is 1. The maximum atomic E-state index is 11.9. The smallest absolute Gasteiger partial charge is 0.226 e. The van der Waals surface area contributed by atoms with Crippen molar-refractivity contribution in [3.8, 4) is 0 Å². The molecule has 1 aromatic rings. The molecular formula is C13H16ClNO3S. The fourth-order valence-electron chi connectivity index (χ4n) is 1.53. The molecule has 19 heavy (non-hydrogen) atoms. The first-order valence-electron chi connectivity index (χ1n) is 5.80. The first-order chi connectivity index (χ1) is 8.89. The number of hydrogen-bond donors (Lipinski definition) is 0. The van der Waals surface area contributed by atoms with Gasteiger partial charge in [0.05, 0.1) is 5.75 Å². The van der Waals surface area contributed by atoms with Crippen molar-refractivity contribution < 1.29 is 13.2 Å². The number of carbonyl (C=O) groups excluding carboxylic acids is 1.